The van der Waals surface area contributed by atoms with E-state index in [2.05, 4.69) is 9.97 Å². The van der Waals surface area contributed by atoms with Crippen LogP contribution in [0, 0.1) is 5.92 Å². The van der Waals surface area contributed by atoms with Crippen LogP contribution >= 0.6 is 0 Å². The molecule has 0 bridgehead atoms. The van der Waals surface area contributed by atoms with Gasteiger partial charge in [-0.2, -0.15) is 4.31 Å². The zero-order chi connectivity index (χ0) is 25.8. The van der Waals surface area contributed by atoms with Crippen LogP contribution < -0.4 is 4.74 Å². The van der Waals surface area contributed by atoms with Gasteiger partial charge in [-0.25, -0.2) is 23.2 Å². The Hall–Kier alpha value is -2.76. The van der Waals surface area contributed by atoms with Gasteiger partial charge < -0.3 is 19.1 Å². The Balaban J connectivity index is 1.27. The van der Waals surface area contributed by atoms with Crippen LogP contribution in [-0.4, -0.2) is 85.3 Å². The molecule has 3 heterocycles. The number of aromatic nitrogens is 2. The first-order valence-electron chi connectivity index (χ1n) is 12.2. The minimum absolute atomic E-state index is 0.256. The predicted molar refractivity (Wildman–Crippen MR) is 133 cm³/mol. The van der Waals surface area contributed by atoms with Crippen LogP contribution in [0.4, 0.5) is 4.79 Å². The molecule has 11 heteroatoms. The van der Waals surface area contributed by atoms with Crippen molar-refractivity contribution in [2.45, 2.75) is 44.1 Å². The molecule has 2 aromatic rings. The molecule has 1 aromatic heterocycles. The largest absolute Gasteiger partial charge is 0.463 e. The van der Waals surface area contributed by atoms with Crippen molar-refractivity contribution in [2.24, 2.45) is 5.92 Å². The quantitative estimate of drug-likeness (QED) is 0.573. The van der Waals surface area contributed by atoms with Crippen molar-refractivity contribution in [1.82, 2.24) is 19.2 Å². The van der Waals surface area contributed by atoms with Gasteiger partial charge in [0.1, 0.15) is 5.60 Å². The molecule has 0 spiro atoms. The molecule has 2 saturated heterocycles. The highest BCUT2D eigenvalue weighted by Gasteiger charge is 2.28. The molecule has 0 saturated carbocycles. The zero-order valence-corrected chi connectivity index (χ0v) is 21.9. The van der Waals surface area contributed by atoms with Crippen molar-refractivity contribution in [1.29, 1.82) is 0 Å². The fourth-order valence-corrected chi connectivity index (χ4v) is 5.50. The Kier molecular flexibility index (Phi) is 8.11. The van der Waals surface area contributed by atoms with E-state index in [1.807, 2.05) is 20.8 Å². The van der Waals surface area contributed by atoms with Gasteiger partial charge in [-0.3, -0.25) is 0 Å². The molecule has 0 aliphatic carbocycles. The predicted octanol–water partition coefficient (Wildman–Crippen LogP) is 3.19. The molecule has 4 rings (SSSR count). The fraction of sp³-hybridized carbons (Fsp3) is 0.560. The molecule has 1 aromatic carbocycles. The molecule has 2 aliphatic heterocycles. The highest BCUT2D eigenvalue weighted by Crippen LogP contribution is 2.24. The smallest absolute Gasteiger partial charge is 0.410 e. The van der Waals surface area contributed by atoms with E-state index in [9.17, 15) is 13.2 Å². The van der Waals surface area contributed by atoms with Crippen molar-refractivity contribution in [2.75, 3.05) is 46.0 Å². The molecule has 0 unspecified atom stereocenters. The maximum Gasteiger partial charge on any atom is 0.410 e. The number of ether oxygens (including phenoxy) is 3. The number of benzene rings is 1. The maximum absolute atomic E-state index is 12.8. The third-order valence-electron chi connectivity index (χ3n) is 6.14. The van der Waals surface area contributed by atoms with Gasteiger partial charge in [0.15, 0.2) is 0 Å². The van der Waals surface area contributed by atoms with Crippen LogP contribution in [0.15, 0.2) is 41.6 Å². The van der Waals surface area contributed by atoms with E-state index >= 15 is 0 Å². The van der Waals surface area contributed by atoms with Gasteiger partial charge in [-0.15, -0.1) is 0 Å². The first-order valence-corrected chi connectivity index (χ1v) is 13.7. The van der Waals surface area contributed by atoms with Gasteiger partial charge in [0.05, 0.1) is 24.7 Å². The van der Waals surface area contributed by atoms with E-state index in [4.69, 9.17) is 14.2 Å². The van der Waals surface area contributed by atoms with Crippen LogP contribution in [0.2, 0.25) is 0 Å². The summed E-state index contributed by atoms with van der Waals surface area (Å²) in [5.41, 5.74) is 1.09. The number of nitrogens with zero attached hydrogens (tertiary/aromatic N) is 4. The molecule has 2 aliphatic rings. The highest BCUT2D eigenvalue weighted by molar-refractivity contribution is 7.89. The van der Waals surface area contributed by atoms with Crippen LogP contribution in [0.3, 0.4) is 0 Å². The second-order valence-corrected chi connectivity index (χ2v) is 12.0. The first-order chi connectivity index (χ1) is 17.1. The maximum atomic E-state index is 12.8. The van der Waals surface area contributed by atoms with Gasteiger partial charge in [-0.05, 0) is 57.2 Å². The fourth-order valence-electron chi connectivity index (χ4n) is 4.10. The molecule has 0 radical (unpaired) electrons. The number of amides is 1. The Morgan fingerprint density at radius 3 is 2.19 bits per heavy atom. The van der Waals surface area contributed by atoms with Crippen LogP contribution in [-0.2, 0) is 19.5 Å². The molecular formula is C25H34N4O6S. The van der Waals surface area contributed by atoms with Gasteiger partial charge >= 0.3 is 12.1 Å². The lowest BCUT2D eigenvalue weighted by Crippen LogP contribution is -2.42. The van der Waals surface area contributed by atoms with Crippen molar-refractivity contribution in [3.63, 3.8) is 0 Å². The number of morpholine rings is 1. The average molecular weight is 519 g/mol. The molecule has 196 valence electrons. The average Bonchev–Trinajstić information content (AvgIpc) is 2.88. The molecule has 0 atom stereocenters. The number of piperidine rings is 1. The van der Waals surface area contributed by atoms with Crippen molar-refractivity contribution in [3.05, 3.63) is 36.7 Å². The van der Waals surface area contributed by atoms with Gasteiger partial charge in [0.25, 0.3) is 0 Å². The standard InChI is InChI=1S/C25H34N4O6S/c1-25(2,3)35-24(30)28-10-8-19(9-11-28)18-34-23-26-16-21(17-27-23)20-4-6-22(7-5-20)36(31,32)29-12-14-33-15-13-29/h4-7,16-17,19H,8-15,18H2,1-3H3. The summed E-state index contributed by atoms with van der Waals surface area (Å²) in [5.74, 6) is 0.313. The lowest BCUT2D eigenvalue weighted by atomic mass is 9.98. The summed E-state index contributed by atoms with van der Waals surface area (Å²) in [6, 6.07) is 7.01. The molecule has 36 heavy (non-hydrogen) atoms. The van der Waals surface area contributed by atoms with E-state index in [1.165, 1.54) is 4.31 Å². The summed E-state index contributed by atoms with van der Waals surface area (Å²) in [5, 5.41) is 0. The summed E-state index contributed by atoms with van der Waals surface area (Å²) >= 11 is 0. The second-order valence-electron chi connectivity index (χ2n) is 10.0. The molecule has 0 N–H and O–H groups in total. The normalized spacial score (nSPS) is 18.1. The molecule has 2 fully saturated rings. The van der Waals surface area contributed by atoms with Crippen LogP contribution in [0.1, 0.15) is 33.6 Å². The monoisotopic (exact) mass is 518 g/mol. The van der Waals surface area contributed by atoms with E-state index in [0.29, 0.717) is 57.9 Å². The summed E-state index contributed by atoms with van der Waals surface area (Å²) in [6.07, 6.45) is 4.72. The highest BCUT2D eigenvalue weighted by atomic mass is 32.2. The number of carbonyl (C=O) groups is 1. The Bertz CT molecular complexity index is 1120. The Morgan fingerprint density at radius 2 is 1.61 bits per heavy atom. The molecule has 10 nitrogen and oxygen atoms in total. The van der Waals surface area contributed by atoms with Crippen LogP contribution in [0.5, 0.6) is 6.01 Å². The number of hydrogen-bond acceptors (Lipinski definition) is 8. The molecular weight excluding hydrogens is 484 g/mol. The summed E-state index contributed by atoms with van der Waals surface area (Å²) < 4.78 is 43.5. The lowest BCUT2D eigenvalue weighted by Gasteiger charge is -2.33. The Morgan fingerprint density at radius 1 is 1.00 bits per heavy atom. The van der Waals surface area contributed by atoms with Crippen molar-refractivity contribution in [3.8, 4) is 17.1 Å². The molecule has 1 amide bonds. The number of likely N-dealkylation sites (tertiary alicyclic amines) is 1. The second kappa shape index (κ2) is 11.1. The summed E-state index contributed by atoms with van der Waals surface area (Å²) in [4.78, 5) is 22.8. The number of rotatable bonds is 6. The lowest BCUT2D eigenvalue weighted by molar-refractivity contribution is 0.0163. The topological polar surface area (TPSA) is 111 Å². The number of sulfonamides is 1. The summed E-state index contributed by atoms with van der Waals surface area (Å²) in [7, 11) is -3.53. The van der Waals surface area contributed by atoms with E-state index in [0.717, 1.165) is 24.0 Å². The SMILES string of the molecule is CC(C)(C)OC(=O)N1CCC(COc2ncc(-c3ccc(S(=O)(=O)N4CCOCC4)cc3)cn2)CC1. The van der Waals surface area contributed by atoms with Crippen molar-refractivity contribution >= 4 is 16.1 Å². The minimum atomic E-state index is -3.53. The van der Waals surface area contributed by atoms with Crippen molar-refractivity contribution < 1.29 is 27.4 Å². The third-order valence-corrected chi connectivity index (χ3v) is 8.05. The zero-order valence-electron chi connectivity index (χ0n) is 21.1. The third kappa shape index (κ3) is 6.71. The summed E-state index contributed by atoms with van der Waals surface area (Å²) in [6.45, 7) is 8.90. The van der Waals surface area contributed by atoms with E-state index < -0.39 is 15.6 Å². The number of carbonyl (C=O) groups excluding carboxylic acids is 1. The van der Waals surface area contributed by atoms with Gasteiger partial charge in [0, 0.05) is 44.1 Å². The first kappa shape index (κ1) is 26.3. The van der Waals surface area contributed by atoms with Gasteiger partial charge in [0.2, 0.25) is 10.0 Å². The van der Waals surface area contributed by atoms with Gasteiger partial charge in [-0.1, -0.05) is 12.1 Å². The Labute approximate surface area is 212 Å². The van der Waals surface area contributed by atoms with E-state index in [1.54, 1.807) is 41.6 Å². The minimum Gasteiger partial charge on any atom is -0.463 e. The van der Waals surface area contributed by atoms with Crippen LogP contribution in [0.25, 0.3) is 11.1 Å². The van der Waals surface area contributed by atoms with E-state index in [-0.39, 0.29) is 11.0 Å². The number of hydrogen-bond donors (Lipinski definition) is 0.